The number of rotatable bonds is 1. The maximum absolute atomic E-state index is 13.3. The molecule has 1 nitrogen and oxygen atoms in total. The number of thiazole rings is 1. The van der Waals surface area contributed by atoms with E-state index in [2.05, 4.69) is 27.0 Å². The zero-order valence-electron chi connectivity index (χ0n) is 9.88. The van der Waals surface area contributed by atoms with E-state index in [1.165, 1.54) is 6.07 Å². The third-order valence-electron chi connectivity index (χ3n) is 2.84. The maximum Gasteiger partial charge on any atom is 0.160 e. The molecule has 1 heterocycles. The fourth-order valence-corrected chi connectivity index (χ4v) is 3.72. The van der Waals surface area contributed by atoms with Gasteiger partial charge in [-0.2, -0.15) is 0 Å². The van der Waals surface area contributed by atoms with Crippen molar-refractivity contribution in [3.63, 3.8) is 0 Å². The molecule has 0 saturated carbocycles. The van der Waals surface area contributed by atoms with E-state index in [0.29, 0.717) is 0 Å². The number of halogens is 3. The Kier molecular flexibility index (Phi) is 3.33. The van der Waals surface area contributed by atoms with E-state index in [0.717, 1.165) is 30.8 Å². The Morgan fingerprint density at radius 2 is 2.05 bits per heavy atom. The fraction of sp³-hybridized carbons (Fsp3) is 0.0714. The lowest BCUT2D eigenvalue weighted by Crippen LogP contribution is -1.85. The minimum atomic E-state index is -0.409. The van der Waals surface area contributed by atoms with Crippen LogP contribution in [-0.4, -0.2) is 4.98 Å². The molecule has 0 bridgehead atoms. The standard InChI is InChI=1S/C14H8BrClFNS/c1-7-4-9(8-2-3-11(17)10(16)6-8)13-12(5-7)19-14(15)18-13/h2-6H,1H3. The van der Waals surface area contributed by atoms with Gasteiger partial charge in [-0.1, -0.05) is 17.7 Å². The van der Waals surface area contributed by atoms with Gasteiger partial charge in [-0.25, -0.2) is 9.37 Å². The minimum absolute atomic E-state index is 0.126. The number of benzene rings is 2. The Labute approximate surface area is 127 Å². The molecule has 0 aliphatic rings. The highest BCUT2D eigenvalue weighted by Gasteiger charge is 2.11. The number of nitrogens with zero attached hydrogens (tertiary/aromatic N) is 1. The molecule has 0 aliphatic heterocycles. The predicted octanol–water partition coefficient (Wildman–Crippen LogP) is 5.83. The van der Waals surface area contributed by atoms with Crippen molar-refractivity contribution in [3.05, 3.63) is 50.7 Å². The van der Waals surface area contributed by atoms with Gasteiger partial charge in [0, 0.05) is 5.56 Å². The topological polar surface area (TPSA) is 12.9 Å². The van der Waals surface area contributed by atoms with E-state index < -0.39 is 5.82 Å². The first-order chi connectivity index (χ1) is 9.04. The van der Waals surface area contributed by atoms with Gasteiger partial charge in [-0.05, 0) is 58.2 Å². The van der Waals surface area contributed by atoms with Crippen LogP contribution in [0.3, 0.4) is 0 Å². The number of aryl methyl sites for hydroxylation is 1. The Morgan fingerprint density at radius 1 is 1.26 bits per heavy atom. The Balaban J connectivity index is 2.31. The van der Waals surface area contributed by atoms with Gasteiger partial charge in [-0.3, -0.25) is 0 Å². The smallest absolute Gasteiger partial charge is 0.160 e. The van der Waals surface area contributed by atoms with Crippen LogP contribution in [0.25, 0.3) is 21.3 Å². The Morgan fingerprint density at radius 3 is 2.79 bits per heavy atom. The zero-order valence-corrected chi connectivity index (χ0v) is 13.0. The number of aromatic nitrogens is 1. The van der Waals surface area contributed by atoms with E-state index in [4.69, 9.17) is 11.6 Å². The van der Waals surface area contributed by atoms with E-state index >= 15 is 0 Å². The van der Waals surface area contributed by atoms with Crippen LogP contribution < -0.4 is 0 Å². The monoisotopic (exact) mass is 355 g/mol. The van der Waals surface area contributed by atoms with Gasteiger partial charge in [0.05, 0.1) is 15.2 Å². The van der Waals surface area contributed by atoms with Crippen LogP contribution in [0.5, 0.6) is 0 Å². The summed E-state index contributed by atoms with van der Waals surface area (Å²) >= 11 is 10.8. The minimum Gasteiger partial charge on any atom is -0.228 e. The molecule has 3 rings (SSSR count). The highest BCUT2D eigenvalue weighted by atomic mass is 79.9. The van der Waals surface area contributed by atoms with Crippen molar-refractivity contribution in [2.24, 2.45) is 0 Å². The van der Waals surface area contributed by atoms with Gasteiger partial charge < -0.3 is 0 Å². The quantitative estimate of drug-likeness (QED) is 0.535. The van der Waals surface area contributed by atoms with Crippen molar-refractivity contribution in [3.8, 4) is 11.1 Å². The first kappa shape index (κ1) is 13.0. The summed E-state index contributed by atoms with van der Waals surface area (Å²) in [5.41, 5.74) is 3.89. The van der Waals surface area contributed by atoms with E-state index in [9.17, 15) is 4.39 Å². The molecule has 0 fully saturated rings. The third-order valence-corrected chi connectivity index (χ3v) is 4.59. The first-order valence-corrected chi connectivity index (χ1v) is 7.55. The molecule has 0 saturated heterocycles. The lowest BCUT2D eigenvalue weighted by molar-refractivity contribution is 0.628. The molecule has 5 heteroatoms. The number of fused-ring (bicyclic) bond motifs is 1. The van der Waals surface area contributed by atoms with E-state index in [1.54, 1.807) is 23.5 Å². The Bertz CT molecular complexity index is 784. The first-order valence-electron chi connectivity index (χ1n) is 5.57. The normalized spacial score (nSPS) is 11.2. The van der Waals surface area contributed by atoms with Crippen molar-refractivity contribution >= 4 is 49.1 Å². The summed E-state index contributed by atoms with van der Waals surface area (Å²) in [6.07, 6.45) is 0. The van der Waals surface area contributed by atoms with Crippen LogP contribution in [0.1, 0.15) is 5.56 Å². The fourth-order valence-electron chi connectivity index (χ4n) is 2.02. The molecule has 0 N–H and O–H groups in total. The SMILES string of the molecule is Cc1cc(-c2ccc(F)c(Cl)c2)c2nc(Br)sc2c1. The van der Waals surface area contributed by atoms with Crippen molar-refractivity contribution in [2.75, 3.05) is 0 Å². The molecular formula is C14H8BrClFNS. The molecule has 0 radical (unpaired) electrons. The average molecular weight is 357 g/mol. The van der Waals surface area contributed by atoms with Gasteiger partial charge >= 0.3 is 0 Å². The second-order valence-corrected chi connectivity index (χ2v) is 6.97. The number of hydrogen-bond acceptors (Lipinski definition) is 2. The summed E-state index contributed by atoms with van der Waals surface area (Å²) in [4.78, 5) is 4.48. The van der Waals surface area contributed by atoms with Crippen LogP contribution >= 0.6 is 38.9 Å². The largest absolute Gasteiger partial charge is 0.228 e. The molecule has 0 aliphatic carbocycles. The second kappa shape index (κ2) is 4.85. The van der Waals surface area contributed by atoms with Crippen LogP contribution in [-0.2, 0) is 0 Å². The molecule has 19 heavy (non-hydrogen) atoms. The average Bonchev–Trinajstić information content (AvgIpc) is 2.72. The third kappa shape index (κ3) is 2.40. The maximum atomic E-state index is 13.3. The summed E-state index contributed by atoms with van der Waals surface area (Å²) in [5, 5.41) is 0.126. The zero-order chi connectivity index (χ0) is 13.6. The summed E-state index contributed by atoms with van der Waals surface area (Å²) in [6, 6.07) is 8.87. The molecule has 0 spiro atoms. The lowest BCUT2D eigenvalue weighted by Gasteiger charge is -2.05. The lowest BCUT2D eigenvalue weighted by atomic mass is 10.0. The van der Waals surface area contributed by atoms with Gasteiger partial charge in [0.25, 0.3) is 0 Å². The van der Waals surface area contributed by atoms with Gasteiger partial charge in [0.15, 0.2) is 3.92 Å². The van der Waals surface area contributed by atoms with Gasteiger partial charge in [0.1, 0.15) is 5.82 Å². The summed E-state index contributed by atoms with van der Waals surface area (Å²) in [6.45, 7) is 2.03. The molecule has 1 aromatic heterocycles. The molecule has 3 aromatic rings. The Hall–Kier alpha value is -0.970. The van der Waals surface area contributed by atoms with Crippen molar-refractivity contribution < 1.29 is 4.39 Å². The van der Waals surface area contributed by atoms with Crippen LogP contribution in [0, 0.1) is 12.7 Å². The van der Waals surface area contributed by atoms with Crippen molar-refractivity contribution in [1.82, 2.24) is 4.98 Å². The highest BCUT2D eigenvalue weighted by molar-refractivity contribution is 9.11. The second-order valence-electron chi connectivity index (χ2n) is 4.25. The predicted molar refractivity (Wildman–Crippen MR) is 82.5 cm³/mol. The van der Waals surface area contributed by atoms with Gasteiger partial charge in [0.2, 0.25) is 0 Å². The highest BCUT2D eigenvalue weighted by Crippen LogP contribution is 2.35. The van der Waals surface area contributed by atoms with Crippen LogP contribution in [0.4, 0.5) is 4.39 Å². The number of hydrogen-bond donors (Lipinski definition) is 0. The summed E-state index contributed by atoms with van der Waals surface area (Å²) in [5.74, 6) is -0.409. The van der Waals surface area contributed by atoms with Crippen molar-refractivity contribution in [1.29, 1.82) is 0 Å². The molecule has 96 valence electrons. The summed E-state index contributed by atoms with van der Waals surface area (Å²) in [7, 11) is 0. The summed E-state index contributed by atoms with van der Waals surface area (Å²) < 4.78 is 15.2. The van der Waals surface area contributed by atoms with Crippen LogP contribution in [0.15, 0.2) is 34.2 Å². The molecule has 0 atom stereocenters. The van der Waals surface area contributed by atoms with Crippen LogP contribution in [0.2, 0.25) is 5.02 Å². The van der Waals surface area contributed by atoms with Crippen molar-refractivity contribution in [2.45, 2.75) is 6.92 Å². The molecule has 0 unspecified atom stereocenters. The van der Waals surface area contributed by atoms with E-state index in [1.807, 2.05) is 13.0 Å². The molecular weight excluding hydrogens is 349 g/mol. The molecule has 0 amide bonds. The van der Waals surface area contributed by atoms with Gasteiger partial charge in [-0.15, -0.1) is 11.3 Å². The molecule has 2 aromatic carbocycles. The van der Waals surface area contributed by atoms with E-state index in [-0.39, 0.29) is 5.02 Å².